The largest absolute Gasteiger partial charge is 0.352 e. The highest BCUT2D eigenvalue weighted by Crippen LogP contribution is 2.21. The summed E-state index contributed by atoms with van der Waals surface area (Å²) in [7, 11) is 0. The van der Waals surface area contributed by atoms with E-state index < -0.39 is 0 Å². The molecule has 4 aromatic rings. The number of nitrogens with one attached hydrogen (secondary N) is 1. The topological polar surface area (TPSA) is 77.1 Å². The summed E-state index contributed by atoms with van der Waals surface area (Å²) in [6.45, 7) is 7.08. The molecular weight excluding hydrogens is 400 g/mol. The number of benzene rings is 1. The van der Waals surface area contributed by atoms with E-state index in [2.05, 4.69) is 32.6 Å². The Labute approximate surface area is 179 Å². The number of fused-ring (bicyclic) bond motifs is 1. The van der Waals surface area contributed by atoms with Gasteiger partial charge < -0.3 is 5.32 Å². The van der Waals surface area contributed by atoms with Gasteiger partial charge in [-0.3, -0.25) is 9.48 Å². The zero-order chi connectivity index (χ0) is 21.3. The van der Waals surface area contributed by atoms with E-state index >= 15 is 0 Å². The molecular formula is C22H23ClN6O. The van der Waals surface area contributed by atoms with Gasteiger partial charge >= 0.3 is 0 Å². The highest BCUT2D eigenvalue weighted by molar-refractivity contribution is 6.31. The number of aryl methyl sites for hydroxylation is 3. The van der Waals surface area contributed by atoms with Crippen LogP contribution in [0.3, 0.4) is 0 Å². The van der Waals surface area contributed by atoms with Crippen molar-refractivity contribution < 1.29 is 4.79 Å². The van der Waals surface area contributed by atoms with Gasteiger partial charge in [0.2, 0.25) is 0 Å². The molecule has 0 fully saturated rings. The SMILES string of the molecule is Cc1ccc(-c2ccnc3c(C(=O)NCCCn4nc(C)c(Cl)c4C)cnn23)cc1. The maximum Gasteiger partial charge on any atom is 0.256 e. The summed E-state index contributed by atoms with van der Waals surface area (Å²) in [6, 6.07) is 10.1. The van der Waals surface area contributed by atoms with E-state index in [0.29, 0.717) is 29.3 Å². The predicted octanol–water partition coefficient (Wildman–Crippen LogP) is 3.99. The fraction of sp³-hybridized carbons (Fsp3) is 0.273. The molecule has 1 aromatic carbocycles. The third-order valence-corrected chi connectivity index (χ3v) is 5.67. The van der Waals surface area contributed by atoms with Gasteiger partial charge in [-0.15, -0.1) is 0 Å². The number of aromatic nitrogens is 5. The maximum absolute atomic E-state index is 12.7. The lowest BCUT2D eigenvalue weighted by Gasteiger charge is -2.07. The number of rotatable bonds is 6. The van der Waals surface area contributed by atoms with Crippen molar-refractivity contribution in [3.63, 3.8) is 0 Å². The van der Waals surface area contributed by atoms with Crippen LogP contribution in [0.5, 0.6) is 0 Å². The molecule has 0 saturated carbocycles. The Morgan fingerprint density at radius 1 is 1.13 bits per heavy atom. The third kappa shape index (κ3) is 3.80. The zero-order valence-electron chi connectivity index (χ0n) is 17.2. The van der Waals surface area contributed by atoms with Gasteiger partial charge in [0, 0.05) is 24.8 Å². The molecule has 154 valence electrons. The quantitative estimate of drug-likeness (QED) is 0.476. The molecule has 8 heteroatoms. The Kier molecular flexibility index (Phi) is 5.55. The first kappa shape index (κ1) is 20.1. The van der Waals surface area contributed by atoms with Crippen molar-refractivity contribution in [2.24, 2.45) is 0 Å². The molecule has 3 heterocycles. The van der Waals surface area contributed by atoms with Crippen LogP contribution in [0.25, 0.3) is 16.9 Å². The minimum absolute atomic E-state index is 0.190. The number of carbonyl (C=O) groups is 1. The Balaban J connectivity index is 1.45. The van der Waals surface area contributed by atoms with Crippen LogP contribution in [0.2, 0.25) is 5.02 Å². The summed E-state index contributed by atoms with van der Waals surface area (Å²) in [6.07, 6.45) is 4.01. The van der Waals surface area contributed by atoms with E-state index in [1.54, 1.807) is 16.9 Å². The molecule has 0 atom stereocenters. The number of nitrogens with zero attached hydrogens (tertiary/aromatic N) is 5. The second kappa shape index (κ2) is 8.28. The Morgan fingerprint density at radius 2 is 1.90 bits per heavy atom. The number of hydrogen-bond donors (Lipinski definition) is 1. The van der Waals surface area contributed by atoms with E-state index in [1.165, 1.54) is 5.56 Å². The molecule has 30 heavy (non-hydrogen) atoms. The summed E-state index contributed by atoms with van der Waals surface area (Å²) in [5, 5.41) is 12.5. The fourth-order valence-corrected chi connectivity index (χ4v) is 3.55. The molecule has 3 aromatic heterocycles. The molecule has 0 unspecified atom stereocenters. The molecule has 0 aliphatic carbocycles. The van der Waals surface area contributed by atoms with Crippen LogP contribution in [0, 0.1) is 20.8 Å². The van der Waals surface area contributed by atoms with Crippen LogP contribution in [-0.2, 0) is 6.54 Å². The van der Waals surface area contributed by atoms with E-state index in [-0.39, 0.29) is 5.91 Å². The zero-order valence-corrected chi connectivity index (χ0v) is 17.9. The normalized spacial score (nSPS) is 11.2. The van der Waals surface area contributed by atoms with E-state index in [9.17, 15) is 4.79 Å². The molecule has 0 spiro atoms. The van der Waals surface area contributed by atoms with Gasteiger partial charge in [-0.05, 0) is 33.3 Å². The van der Waals surface area contributed by atoms with Crippen LogP contribution >= 0.6 is 11.6 Å². The van der Waals surface area contributed by atoms with E-state index in [0.717, 1.165) is 29.1 Å². The molecule has 0 saturated heterocycles. The lowest BCUT2D eigenvalue weighted by Crippen LogP contribution is -2.25. The highest BCUT2D eigenvalue weighted by Gasteiger charge is 2.16. The van der Waals surface area contributed by atoms with Crippen molar-refractivity contribution in [2.45, 2.75) is 33.7 Å². The van der Waals surface area contributed by atoms with Crippen LogP contribution in [0.15, 0.2) is 42.7 Å². The fourth-order valence-electron chi connectivity index (χ4n) is 3.41. The van der Waals surface area contributed by atoms with Gasteiger partial charge in [0.15, 0.2) is 5.65 Å². The summed E-state index contributed by atoms with van der Waals surface area (Å²) < 4.78 is 3.58. The first-order valence-electron chi connectivity index (χ1n) is 9.83. The highest BCUT2D eigenvalue weighted by atomic mass is 35.5. The summed E-state index contributed by atoms with van der Waals surface area (Å²) >= 11 is 6.18. The van der Waals surface area contributed by atoms with Crippen molar-refractivity contribution in [2.75, 3.05) is 6.54 Å². The van der Waals surface area contributed by atoms with Crippen LogP contribution in [0.1, 0.15) is 33.7 Å². The van der Waals surface area contributed by atoms with Crippen LogP contribution in [0.4, 0.5) is 0 Å². The summed E-state index contributed by atoms with van der Waals surface area (Å²) in [5.74, 6) is -0.190. The molecule has 1 amide bonds. The minimum Gasteiger partial charge on any atom is -0.352 e. The van der Waals surface area contributed by atoms with E-state index in [1.807, 2.05) is 43.7 Å². The second-order valence-electron chi connectivity index (χ2n) is 7.31. The van der Waals surface area contributed by atoms with Gasteiger partial charge in [-0.2, -0.15) is 10.2 Å². The van der Waals surface area contributed by atoms with Gasteiger partial charge in [-0.25, -0.2) is 9.50 Å². The first-order chi connectivity index (χ1) is 14.5. The molecule has 0 radical (unpaired) electrons. The number of halogens is 1. The van der Waals surface area contributed by atoms with Gasteiger partial charge in [0.05, 0.1) is 28.3 Å². The Bertz CT molecular complexity index is 1210. The Morgan fingerprint density at radius 3 is 2.60 bits per heavy atom. The first-order valence-corrected chi connectivity index (χ1v) is 10.2. The lowest BCUT2D eigenvalue weighted by molar-refractivity contribution is 0.0954. The lowest BCUT2D eigenvalue weighted by atomic mass is 10.1. The average Bonchev–Trinajstić information content (AvgIpc) is 3.28. The number of carbonyl (C=O) groups excluding carboxylic acids is 1. The van der Waals surface area contributed by atoms with Crippen LogP contribution in [-0.4, -0.2) is 36.8 Å². The van der Waals surface area contributed by atoms with Crippen molar-refractivity contribution in [3.05, 3.63) is 70.3 Å². The standard InChI is InChI=1S/C22H23ClN6O/c1-14-5-7-17(8-6-14)19-9-11-24-21-18(13-26-29(19)21)22(30)25-10-4-12-28-16(3)20(23)15(2)27-28/h5-9,11,13H,4,10,12H2,1-3H3,(H,25,30). The van der Waals surface area contributed by atoms with Gasteiger partial charge in [-0.1, -0.05) is 41.4 Å². The monoisotopic (exact) mass is 422 g/mol. The number of hydrogen-bond acceptors (Lipinski definition) is 4. The molecule has 0 bridgehead atoms. The number of amides is 1. The van der Waals surface area contributed by atoms with Gasteiger partial charge in [0.25, 0.3) is 5.91 Å². The second-order valence-corrected chi connectivity index (χ2v) is 7.69. The molecule has 7 nitrogen and oxygen atoms in total. The van der Waals surface area contributed by atoms with Crippen LogP contribution < -0.4 is 5.32 Å². The predicted molar refractivity (Wildman–Crippen MR) is 117 cm³/mol. The van der Waals surface area contributed by atoms with Crippen molar-refractivity contribution in [1.82, 2.24) is 29.7 Å². The molecule has 0 aliphatic heterocycles. The summed E-state index contributed by atoms with van der Waals surface area (Å²) in [5.41, 5.74) is 5.85. The van der Waals surface area contributed by atoms with Crippen molar-refractivity contribution >= 4 is 23.2 Å². The van der Waals surface area contributed by atoms with Gasteiger partial charge in [0.1, 0.15) is 5.56 Å². The smallest absolute Gasteiger partial charge is 0.256 e. The van der Waals surface area contributed by atoms with E-state index in [4.69, 9.17) is 11.6 Å². The van der Waals surface area contributed by atoms with Crippen molar-refractivity contribution in [3.8, 4) is 11.3 Å². The maximum atomic E-state index is 12.7. The molecule has 0 aliphatic rings. The average molecular weight is 423 g/mol. The molecule has 4 rings (SSSR count). The Hall–Kier alpha value is -3.19. The minimum atomic E-state index is -0.190. The summed E-state index contributed by atoms with van der Waals surface area (Å²) in [4.78, 5) is 17.1. The van der Waals surface area contributed by atoms with Crippen molar-refractivity contribution in [1.29, 1.82) is 0 Å². The third-order valence-electron chi connectivity index (χ3n) is 5.12. The molecule has 1 N–H and O–H groups in total.